The van der Waals surface area contributed by atoms with Crippen LogP contribution in [0.1, 0.15) is 27.1 Å². The van der Waals surface area contributed by atoms with Crippen molar-refractivity contribution in [3.8, 4) is 0 Å². The number of sulfonamides is 1. The molecule has 22 heavy (non-hydrogen) atoms. The van der Waals surface area contributed by atoms with Crippen LogP contribution in [0.15, 0.2) is 23.1 Å². The lowest BCUT2D eigenvalue weighted by Crippen LogP contribution is -2.36. The van der Waals surface area contributed by atoms with E-state index >= 15 is 0 Å². The fourth-order valence-electron chi connectivity index (χ4n) is 2.55. The predicted octanol–water partition coefficient (Wildman–Crippen LogP) is -0.0256. The van der Waals surface area contributed by atoms with Crippen molar-refractivity contribution in [2.75, 3.05) is 20.1 Å². The topological polar surface area (TPSA) is 95.6 Å². The minimum absolute atomic E-state index is 0. The number of nitrogens with one attached hydrogen (secondary N) is 2. The summed E-state index contributed by atoms with van der Waals surface area (Å²) in [6, 6.07) is 3.86. The van der Waals surface area contributed by atoms with Crippen molar-refractivity contribution in [1.82, 2.24) is 14.9 Å². The number of amides is 2. The Labute approximate surface area is 134 Å². The van der Waals surface area contributed by atoms with Gasteiger partial charge in [-0.15, -0.1) is 12.4 Å². The maximum atomic E-state index is 12.3. The fraction of sp³-hybridized carbons (Fsp3) is 0.385. The highest BCUT2D eigenvalue weighted by molar-refractivity contribution is 7.89. The zero-order valence-corrected chi connectivity index (χ0v) is 13.5. The van der Waals surface area contributed by atoms with Gasteiger partial charge in [-0.05, 0) is 31.2 Å². The van der Waals surface area contributed by atoms with Crippen molar-refractivity contribution >= 4 is 34.2 Å². The third-order valence-corrected chi connectivity index (χ3v) is 5.27. The molecule has 1 unspecified atom stereocenters. The van der Waals surface area contributed by atoms with Gasteiger partial charge >= 0.3 is 0 Å². The van der Waals surface area contributed by atoms with Gasteiger partial charge in [0.1, 0.15) is 0 Å². The molecule has 3 rings (SSSR count). The van der Waals surface area contributed by atoms with Crippen molar-refractivity contribution in [1.29, 1.82) is 0 Å². The monoisotopic (exact) mass is 345 g/mol. The van der Waals surface area contributed by atoms with Gasteiger partial charge in [0.15, 0.2) is 0 Å². The van der Waals surface area contributed by atoms with E-state index in [2.05, 4.69) is 10.0 Å². The maximum Gasteiger partial charge on any atom is 0.261 e. The first-order valence-corrected chi connectivity index (χ1v) is 8.08. The Bertz CT molecular complexity index is 729. The van der Waals surface area contributed by atoms with Gasteiger partial charge in [-0.1, -0.05) is 0 Å². The molecule has 0 saturated carbocycles. The van der Waals surface area contributed by atoms with Gasteiger partial charge in [-0.25, -0.2) is 13.1 Å². The highest BCUT2D eigenvalue weighted by Crippen LogP contribution is 2.24. The van der Waals surface area contributed by atoms with Gasteiger partial charge in [0.05, 0.1) is 16.0 Å². The molecule has 0 bridgehead atoms. The van der Waals surface area contributed by atoms with E-state index in [1.54, 1.807) is 0 Å². The fourth-order valence-corrected chi connectivity index (χ4v) is 3.85. The number of hydrogen-bond donors (Lipinski definition) is 2. The predicted molar refractivity (Wildman–Crippen MR) is 81.7 cm³/mol. The number of rotatable bonds is 3. The zero-order valence-electron chi connectivity index (χ0n) is 11.8. The van der Waals surface area contributed by atoms with Crippen LogP contribution in [-0.2, 0) is 10.0 Å². The molecule has 7 nitrogen and oxygen atoms in total. The van der Waals surface area contributed by atoms with E-state index in [-0.39, 0.29) is 34.5 Å². The number of carbonyl (C=O) groups excluding carboxylic acids is 2. The van der Waals surface area contributed by atoms with E-state index in [1.807, 2.05) is 0 Å². The summed E-state index contributed by atoms with van der Waals surface area (Å²) < 4.78 is 27.2. The van der Waals surface area contributed by atoms with Crippen molar-refractivity contribution in [3.63, 3.8) is 0 Å². The Morgan fingerprint density at radius 3 is 2.55 bits per heavy atom. The maximum absolute atomic E-state index is 12.3. The quantitative estimate of drug-likeness (QED) is 0.750. The average Bonchev–Trinajstić information content (AvgIpc) is 3.02. The highest BCUT2D eigenvalue weighted by atomic mass is 35.5. The van der Waals surface area contributed by atoms with Crippen LogP contribution in [-0.4, -0.2) is 51.3 Å². The highest BCUT2D eigenvalue weighted by Gasteiger charge is 2.34. The number of carbonyl (C=O) groups is 2. The van der Waals surface area contributed by atoms with Crippen LogP contribution < -0.4 is 10.0 Å². The summed E-state index contributed by atoms with van der Waals surface area (Å²) in [5.41, 5.74) is 0.374. The number of benzene rings is 1. The van der Waals surface area contributed by atoms with Crippen LogP contribution in [0.2, 0.25) is 0 Å². The van der Waals surface area contributed by atoms with Crippen molar-refractivity contribution in [2.45, 2.75) is 17.4 Å². The summed E-state index contributed by atoms with van der Waals surface area (Å²) in [7, 11) is -2.32. The van der Waals surface area contributed by atoms with Gasteiger partial charge in [-0.3, -0.25) is 14.5 Å². The molecule has 120 valence electrons. The number of halogens is 1. The third-order valence-electron chi connectivity index (χ3n) is 3.75. The Kier molecular flexibility index (Phi) is 4.57. The van der Waals surface area contributed by atoms with E-state index in [0.717, 1.165) is 17.9 Å². The molecule has 9 heteroatoms. The molecule has 0 radical (unpaired) electrons. The standard InChI is InChI=1S/C13H15N3O4S.ClH/c1-16-12(17)10-3-2-9(6-11(10)13(16)18)21(19,20)15-8-4-5-14-7-8;/h2-3,6,8,14-15H,4-5,7H2,1H3;1H. The molecule has 1 aromatic rings. The first-order chi connectivity index (χ1) is 9.90. The Hall–Kier alpha value is -1.48. The van der Waals surface area contributed by atoms with Crippen molar-refractivity contribution in [3.05, 3.63) is 29.3 Å². The molecule has 0 spiro atoms. The molecule has 2 aliphatic heterocycles. The SMILES string of the molecule is CN1C(=O)c2ccc(S(=O)(=O)NC3CCNC3)cc2C1=O.Cl. The smallest absolute Gasteiger partial charge is 0.261 e. The first kappa shape index (κ1) is 16.9. The van der Waals surface area contributed by atoms with Crippen LogP contribution >= 0.6 is 12.4 Å². The van der Waals surface area contributed by atoms with Crippen LogP contribution in [0.5, 0.6) is 0 Å². The lowest BCUT2D eigenvalue weighted by atomic mass is 10.1. The summed E-state index contributed by atoms with van der Waals surface area (Å²) >= 11 is 0. The van der Waals surface area contributed by atoms with Crippen molar-refractivity contribution < 1.29 is 18.0 Å². The van der Waals surface area contributed by atoms with Crippen LogP contribution in [0.4, 0.5) is 0 Å². The second-order valence-corrected chi connectivity index (χ2v) is 6.90. The molecule has 2 heterocycles. The molecule has 1 fully saturated rings. The molecule has 0 aliphatic carbocycles. The van der Waals surface area contributed by atoms with Crippen LogP contribution in [0, 0.1) is 0 Å². The molecular weight excluding hydrogens is 330 g/mol. The Balaban J connectivity index is 0.00000176. The first-order valence-electron chi connectivity index (χ1n) is 6.59. The minimum atomic E-state index is -3.70. The minimum Gasteiger partial charge on any atom is -0.315 e. The van der Waals surface area contributed by atoms with E-state index in [1.165, 1.54) is 25.2 Å². The van der Waals surface area contributed by atoms with E-state index in [4.69, 9.17) is 0 Å². The number of fused-ring (bicyclic) bond motifs is 1. The summed E-state index contributed by atoms with van der Waals surface area (Å²) in [5, 5.41) is 3.07. The second kappa shape index (κ2) is 5.96. The molecular formula is C13H16ClN3O4S. The van der Waals surface area contributed by atoms with Gasteiger partial charge in [0, 0.05) is 19.6 Å². The van der Waals surface area contributed by atoms with Crippen LogP contribution in [0.25, 0.3) is 0 Å². The third kappa shape index (κ3) is 2.74. The lowest BCUT2D eigenvalue weighted by Gasteiger charge is -2.12. The van der Waals surface area contributed by atoms with Crippen LogP contribution in [0.3, 0.4) is 0 Å². The Morgan fingerprint density at radius 1 is 1.23 bits per heavy atom. The summed E-state index contributed by atoms with van der Waals surface area (Å²) in [6.45, 7) is 1.36. The van der Waals surface area contributed by atoms with E-state index in [0.29, 0.717) is 6.54 Å². The lowest BCUT2D eigenvalue weighted by molar-refractivity contribution is 0.0693. The normalized spacial score (nSPS) is 21.0. The second-order valence-electron chi connectivity index (χ2n) is 5.19. The summed E-state index contributed by atoms with van der Waals surface area (Å²) in [4.78, 5) is 24.7. The zero-order chi connectivity index (χ0) is 15.2. The summed E-state index contributed by atoms with van der Waals surface area (Å²) in [5.74, 6) is -0.888. The molecule has 2 amide bonds. The molecule has 2 aliphatic rings. The van der Waals surface area contributed by atoms with Crippen molar-refractivity contribution in [2.24, 2.45) is 0 Å². The molecule has 1 atom stereocenters. The van der Waals surface area contributed by atoms with Gasteiger partial charge < -0.3 is 5.32 Å². The Morgan fingerprint density at radius 2 is 1.91 bits per heavy atom. The van der Waals surface area contributed by atoms with Gasteiger partial charge in [0.25, 0.3) is 11.8 Å². The number of imide groups is 1. The molecule has 0 aromatic heterocycles. The molecule has 2 N–H and O–H groups in total. The number of hydrogen-bond acceptors (Lipinski definition) is 5. The summed E-state index contributed by atoms with van der Waals surface area (Å²) in [6.07, 6.45) is 0.727. The van der Waals surface area contributed by atoms with Gasteiger partial charge in [-0.2, -0.15) is 0 Å². The van der Waals surface area contributed by atoms with E-state index < -0.39 is 21.8 Å². The van der Waals surface area contributed by atoms with E-state index in [9.17, 15) is 18.0 Å². The average molecular weight is 346 g/mol. The largest absolute Gasteiger partial charge is 0.315 e. The van der Waals surface area contributed by atoms with Gasteiger partial charge in [0.2, 0.25) is 10.0 Å². The molecule has 1 aromatic carbocycles. The molecule has 1 saturated heterocycles. The number of nitrogens with zero attached hydrogens (tertiary/aromatic N) is 1.